The predicted octanol–water partition coefficient (Wildman–Crippen LogP) is -0.410. The fraction of sp³-hybridized carbons (Fsp3) is 0.667. The molecule has 0 aromatic carbocycles. The van der Waals surface area contributed by atoms with Crippen molar-refractivity contribution in [2.75, 3.05) is 44.4 Å². The predicted molar refractivity (Wildman–Crippen MR) is 116 cm³/mol. The molecule has 0 saturated carbocycles. The number of sulfonamides is 1. The number of amides is 1. The van der Waals surface area contributed by atoms with Crippen molar-refractivity contribution < 1.29 is 13.2 Å². The van der Waals surface area contributed by atoms with Gasteiger partial charge >= 0.3 is 0 Å². The number of aryl methyl sites for hydroxylation is 1. The van der Waals surface area contributed by atoms with Crippen molar-refractivity contribution in [1.82, 2.24) is 24.7 Å². The summed E-state index contributed by atoms with van der Waals surface area (Å²) in [5.41, 5.74) is 0.0870. The smallest absolute Gasteiger partial charge is 0.246 e. The minimum atomic E-state index is -3.32. The lowest BCUT2D eigenvalue weighted by atomic mass is 10.1. The number of halogens is 1. The average molecular weight is 513 g/mol. The number of carbonyl (C=O) groups is 1. The second-order valence-electron chi connectivity index (χ2n) is 7.00. The van der Waals surface area contributed by atoms with Crippen LogP contribution in [0.4, 0.5) is 5.69 Å². The van der Waals surface area contributed by atoms with Crippen LogP contribution in [0.1, 0.15) is 13.8 Å². The van der Waals surface area contributed by atoms with Crippen molar-refractivity contribution >= 4 is 51.6 Å². The van der Waals surface area contributed by atoms with Gasteiger partial charge in [0.1, 0.15) is 6.54 Å². The molecule has 10 nitrogen and oxygen atoms in total. The van der Waals surface area contributed by atoms with Gasteiger partial charge in [0.2, 0.25) is 15.9 Å². The molecule has 0 atom stereocenters. The number of hydrogen-bond acceptors (Lipinski definition) is 5. The van der Waals surface area contributed by atoms with Gasteiger partial charge in [-0.2, -0.15) is 5.10 Å². The molecule has 1 fully saturated rings. The van der Waals surface area contributed by atoms with Crippen molar-refractivity contribution in [3.05, 3.63) is 12.4 Å². The van der Waals surface area contributed by atoms with Gasteiger partial charge < -0.3 is 15.1 Å². The van der Waals surface area contributed by atoms with Crippen LogP contribution in [0.5, 0.6) is 0 Å². The number of nitrogens with one attached hydrogen (secondary N) is 2. The van der Waals surface area contributed by atoms with E-state index in [1.165, 1.54) is 0 Å². The SMILES string of the molecule is CN=C(NCC(C)(C)NS(C)(=O)=O)N1CCN(c2cnn(C)c2)C(=O)C1.I. The number of guanidine groups is 1. The van der Waals surface area contributed by atoms with E-state index in [0.29, 0.717) is 25.6 Å². The van der Waals surface area contributed by atoms with Crippen LogP contribution in [0, 0.1) is 0 Å². The van der Waals surface area contributed by atoms with Crippen LogP contribution in [0.25, 0.3) is 0 Å². The molecule has 154 valence electrons. The van der Waals surface area contributed by atoms with Crippen molar-refractivity contribution in [3.8, 4) is 0 Å². The molecular formula is C15H28IN7O3S. The number of piperazine rings is 1. The van der Waals surface area contributed by atoms with E-state index < -0.39 is 15.6 Å². The Labute approximate surface area is 177 Å². The average Bonchev–Trinajstić information content (AvgIpc) is 2.91. The molecule has 1 aliphatic heterocycles. The van der Waals surface area contributed by atoms with E-state index in [-0.39, 0.29) is 36.4 Å². The van der Waals surface area contributed by atoms with Gasteiger partial charge in [0.05, 0.1) is 18.1 Å². The van der Waals surface area contributed by atoms with Gasteiger partial charge in [-0.05, 0) is 13.8 Å². The third-order valence-corrected chi connectivity index (χ3v) is 4.81. The van der Waals surface area contributed by atoms with Gasteiger partial charge in [0, 0.05) is 45.5 Å². The Bertz CT molecular complexity index is 791. The summed E-state index contributed by atoms with van der Waals surface area (Å²) in [6.45, 7) is 5.22. The highest BCUT2D eigenvalue weighted by Gasteiger charge is 2.29. The third-order valence-electron chi connectivity index (χ3n) is 3.89. The summed E-state index contributed by atoms with van der Waals surface area (Å²) in [6, 6.07) is 0. The van der Waals surface area contributed by atoms with Crippen LogP contribution < -0.4 is 14.9 Å². The Balaban J connectivity index is 0.00000364. The molecule has 2 heterocycles. The molecule has 0 aliphatic carbocycles. The highest BCUT2D eigenvalue weighted by molar-refractivity contribution is 14.0. The maximum absolute atomic E-state index is 12.5. The van der Waals surface area contributed by atoms with Crippen molar-refractivity contribution in [2.24, 2.45) is 12.0 Å². The van der Waals surface area contributed by atoms with E-state index in [9.17, 15) is 13.2 Å². The summed E-state index contributed by atoms with van der Waals surface area (Å²) < 4.78 is 27.1. The second-order valence-corrected chi connectivity index (χ2v) is 8.75. The molecule has 1 aromatic heterocycles. The van der Waals surface area contributed by atoms with E-state index in [2.05, 4.69) is 20.1 Å². The summed E-state index contributed by atoms with van der Waals surface area (Å²) in [6.07, 6.45) is 4.60. The molecule has 0 radical (unpaired) electrons. The molecule has 1 aromatic rings. The monoisotopic (exact) mass is 513 g/mol. The first-order valence-corrected chi connectivity index (χ1v) is 10.1. The number of aromatic nitrogens is 2. The van der Waals surface area contributed by atoms with E-state index >= 15 is 0 Å². The standard InChI is InChI=1S/C15H27N7O3S.HI/c1-15(2,19-26(5,24)25)11-17-14(16-3)21-6-7-22(13(23)10-21)12-8-18-20(4)9-12;/h8-9,19H,6-7,10-11H2,1-5H3,(H,16,17);1H. The zero-order valence-corrected chi connectivity index (χ0v) is 19.4. The molecule has 1 saturated heterocycles. The van der Waals surface area contributed by atoms with E-state index in [4.69, 9.17) is 0 Å². The van der Waals surface area contributed by atoms with E-state index in [0.717, 1.165) is 11.9 Å². The highest BCUT2D eigenvalue weighted by Crippen LogP contribution is 2.16. The summed E-state index contributed by atoms with van der Waals surface area (Å²) >= 11 is 0. The molecule has 0 unspecified atom stereocenters. The van der Waals surface area contributed by atoms with E-state index in [1.807, 2.05) is 11.9 Å². The lowest BCUT2D eigenvalue weighted by molar-refractivity contribution is -0.120. The lowest BCUT2D eigenvalue weighted by Gasteiger charge is -2.36. The number of anilines is 1. The first-order chi connectivity index (χ1) is 12.0. The van der Waals surface area contributed by atoms with Crippen LogP contribution in [0.15, 0.2) is 17.4 Å². The number of carbonyl (C=O) groups excluding carboxylic acids is 1. The lowest BCUT2D eigenvalue weighted by Crippen LogP contribution is -2.58. The van der Waals surface area contributed by atoms with Crippen LogP contribution in [0.3, 0.4) is 0 Å². The van der Waals surface area contributed by atoms with E-state index in [1.54, 1.807) is 42.9 Å². The maximum Gasteiger partial charge on any atom is 0.246 e. The van der Waals surface area contributed by atoms with Gasteiger partial charge in [-0.3, -0.25) is 14.5 Å². The van der Waals surface area contributed by atoms with Crippen LogP contribution in [-0.2, 0) is 21.9 Å². The first kappa shape index (κ1) is 23.6. The number of hydrogen-bond donors (Lipinski definition) is 2. The van der Waals surface area contributed by atoms with Crippen molar-refractivity contribution in [3.63, 3.8) is 0 Å². The van der Waals surface area contributed by atoms with Crippen LogP contribution in [-0.4, -0.2) is 80.0 Å². The maximum atomic E-state index is 12.5. The van der Waals surface area contributed by atoms with Crippen LogP contribution >= 0.6 is 24.0 Å². The molecule has 12 heteroatoms. The number of rotatable bonds is 5. The van der Waals surface area contributed by atoms with Gasteiger partial charge in [0.25, 0.3) is 0 Å². The van der Waals surface area contributed by atoms with Gasteiger partial charge in [-0.25, -0.2) is 13.1 Å². The Morgan fingerprint density at radius 2 is 2.04 bits per heavy atom. The fourth-order valence-electron chi connectivity index (χ4n) is 2.84. The fourth-order valence-corrected chi connectivity index (χ4v) is 3.92. The first-order valence-electron chi connectivity index (χ1n) is 8.24. The molecule has 1 amide bonds. The zero-order chi connectivity index (χ0) is 19.5. The van der Waals surface area contributed by atoms with Crippen molar-refractivity contribution in [1.29, 1.82) is 0 Å². The molecule has 27 heavy (non-hydrogen) atoms. The summed E-state index contributed by atoms with van der Waals surface area (Å²) in [4.78, 5) is 20.3. The number of nitrogens with zero attached hydrogens (tertiary/aromatic N) is 5. The Hall–Kier alpha value is -1.41. The molecule has 1 aliphatic rings. The van der Waals surface area contributed by atoms with Gasteiger partial charge in [0.15, 0.2) is 5.96 Å². The summed E-state index contributed by atoms with van der Waals surface area (Å²) in [7, 11) is 0.126. The minimum absolute atomic E-state index is 0. The summed E-state index contributed by atoms with van der Waals surface area (Å²) in [5, 5.41) is 7.24. The molecule has 0 bridgehead atoms. The molecule has 2 rings (SSSR count). The second kappa shape index (κ2) is 9.19. The molecule has 2 N–H and O–H groups in total. The van der Waals surface area contributed by atoms with Crippen molar-refractivity contribution in [2.45, 2.75) is 19.4 Å². The number of aliphatic imine (C=N–C) groups is 1. The third kappa shape index (κ3) is 6.92. The normalized spacial score (nSPS) is 16.3. The topological polar surface area (TPSA) is 112 Å². The Morgan fingerprint density at radius 1 is 1.37 bits per heavy atom. The molecule has 0 spiro atoms. The Kier molecular flexibility index (Phi) is 8.04. The molecular weight excluding hydrogens is 485 g/mol. The van der Waals surface area contributed by atoms with Gasteiger partial charge in [-0.1, -0.05) is 0 Å². The zero-order valence-electron chi connectivity index (χ0n) is 16.3. The summed E-state index contributed by atoms with van der Waals surface area (Å²) in [5.74, 6) is 0.522. The minimum Gasteiger partial charge on any atom is -0.354 e. The van der Waals surface area contributed by atoms with Gasteiger partial charge in [-0.15, -0.1) is 24.0 Å². The largest absolute Gasteiger partial charge is 0.354 e. The Morgan fingerprint density at radius 3 is 2.52 bits per heavy atom. The highest BCUT2D eigenvalue weighted by atomic mass is 127. The van der Waals surface area contributed by atoms with Crippen LogP contribution in [0.2, 0.25) is 0 Å². The quantitative estimate of drug-likeness (QED) is 0.315.